The maximum absolute atomic E-state index is 5.86. The second kappa shape index (κ2) is 3.79. The van der Waals surface area contributed by atoms with Crippen LogP contribution in [0.5, 0.6) is 0 Å². The Hall–Kier alpha value is -1.00. The van der Waals surface area contributed by atoms with Gasteiger partial charge in [0.05, 0.1) is 19.1 Å². The Morgan fingerprint density at radius 2 is 2.12 bits per heavy atom. The molecule has 2 aliphatic heterocycles. The normalized spacial score (nSPS) is 29.9. The molecular weight excluding hydrogens is 272 g/mol. The SMILES string of the molecule is BrC1C=CC2=C(COC3(C=COC=C3)O2)C1. The third-order valence-corrected chi connectivity index (χ3v) is 3.37. The van der Waals surface area contributed by atoms with E-state index in [1.54, 1.807) is 24.7 Å². The van der Waals surface area contributed by atoms with Gasteiger partial charge in [-0.15, -0.1) is 0 Å². The van der Waals surface area contributed by atoms with E-state index in [9.17, 15) is 0 Å². The number of hydrogen-bond donors (Lipinski definition) is 0. The lowest BCUT2D eigenvalue weighted by Crippen LogP contribution is -2.37. The Morgan fingerprint density at radius 1 is 1.31 bits per heavy atom. The Kier molecular flexibility index (Phi) is 2.41. The van der Waals surface area contributed by atoms with Crippen molar-refractivity contribution in [3.63, 3.8) is 0 Å². The first-order valence-corrected chi connectivity index (χ1v) is 6.07. The van der Waals surface area contributed by atoms with Gasteiger partial charge in [0.25, 0.3) is 5.79 Å². The fraction of sp³-hybridized carbons (Fsp3) is 0.333. The van der Waals surface area contributed by atoms with Crippen molar-refractivity contribution >= 4 is 15.9 Å². The average Bonchev–Trinajstić information content (AvgIpc) is 2.31. The molecule has 1 spiro atoms. The summed E-state index contributed by atoms with van der Waals surface area (Å²) in [5.41, 5.74) is 1.20. The molecule has 84 valence electrons. The maximum Gasteiger partial charge on any atom is 0.257 e. The summed E-state index contributed by atoms with van der Waals surface area (Å²) in [4.78, 5) is 0.383. The molecule has 0 aromatic carbocycles. The fourth-order valence-corrected chi connectivity index (χ4v) is 2.43. The molecule has 1 aliphatic carbocycles. The van der Waals surface area contributed by atoms with E-state index in [0.717, 1.165) is 12.2 Å². The van der Waals surface area contributed by atoms with Gasteiger partial charge < -0.3 is 14.2 Å². The minimum atomic E-state index is -0.777. The summed E-state index contributed by atoms with van der Waals surface area (Å²) in [5.74, 6) is 0.138. The van der Waals surface area contributed by atoms with E-state index in [0.29, 0.717) is 11.4 Å². The van der Waals surface area contributed by atoms with Crippen molar-refractivity contribution in [1.82, 2.24) is 0 Å². The summed E-state index contributed by atoms with van der Waals surface area (Å²) in [6.45, 7) is 0.594. The van der Waals surface area contributed by atoms with Crippen LogP contribution in [0.4, 0.5) is 0 Å². The van der Waals surface area contributed by atoms with E-state index in [-0.39, 0.29) is 0 Å². The smallest absolute Gasteiger partial charge is 0.257 e. The molecule has 1 atom stereocenters. The monoisotopic (exact) mass is 282 g/mol. The molecule has 0 radical (unpaired) electrons. The molecule has 4 heteroatoms. The molecule has 0 saturated heterocycles. The average molecular weight is 283 g/mol. The number of halogens is 1. The molecule has 0 aromatic heterocycles. The number of hydrogen-bond acceptors (Lipinski definition) is 3. The van der Waals surface area contributed by atoms with Crippen LogP contribution in [0.15, 0.2) is 48.2 Å². The van der Waals surface area contributed by atoms with Gasteiger partial charge in [0.1, 0.15) is 5.76 Å². The molecule has 16 heavy (non-hydrogen) atoms. The van der Waals surface area contributed by atoms with Crippen LogP contribution in [0.3, 0.4) is 0 Å². The summed E-state index contributed by atoms with van der Waals surface area (Å²) < 4.78 is 16.6. The van der Waals surface area contributed by atoms with Crippen LogP contribution >= 0.6 is 15.9 Å². The largest absolute Gasteiger partial charge is 0.473 e. The Balaban J connectivity index is 1.87. The summed E-state index contributed by atoms with van der Waals surface area (Å²) >= 11 is 3.56. The van der Waals surface area contributed by atoms with Crippen molar-refractivity contribution < 1.29 is 14.2 Å². The van der Waals surface area contributed by atoms with Gasteiger partial charge in [-0.25, -0.2) is 0 Å². The van der Waals surface area contributed by atoms with E-state index >= 15 is 0 Å². The first-order valence-electron chi connectivity index (χ1n) is 5.16. The van der Waals surface area contributed by atoms with E-state index in [2.05, 4.69) is 22.0 Å². The fourth-order valence-electron chi connectivity index (χ4n) is 1.88. The van der Waals surface area contributed by atoms with E-state index < -0.39 is 5.79 Å². The lowest BCUT2D eigenvalue weighted by atomic mass is 10.0. The highest BCUT2D eigenvalue weighted by Gasteiger charge is 2.36. The third kappa shape index (κ3) is 1.72. The highest BCUT2D eigenvalue weighted by Crippen LogP contribution is 2.35. The zero-order chi connectivity index (χ0) is 11.0. The molecule has 0 N–H and O–H groups in total. The van der Waals surface area contributed by atoms with Crippen LogP contribution < -0.4 is 0 Å². The highest BCUT2D eigenvalue weighted by molar-refractivity contribution is 9.09. The zero-order valence-electron chi connectivity index (χ0n) is 8.56. The molecular formula is C12H11BrO3. The van der Waals surface area contributed by atoms with Crippen LogP contribution in [-0.4, -0.2) is 17.2 Å². The number of alkyl halides is 1. The molecule has 0 saturated carbocycles. The molecule has 2 heterocycles. The third-order valence-electron chi connectivity index (χ3n) is 2.75. The van der Waals surface area contributed by atoms with Crippen LogP contribution in [0, 0.1) is 0 Å². The van der Waals surface area contributed by atoms with Crippen molar-refractivity contribution in [1.29, 1.82) is 0 Å². The summed E-state index contributed by atoms with van der Waals surface area (Å²) in [7, 11) is 0. The van der Waals surface area contributed by atoms with Gasteiger partial charge in [-0.3, -0.25) is 0 Å². The zero-order valence-corrected chi connectivity index (χ0v) is 10.1. The topological polar surface area (TPSA) is 27.7 Å². The van der Waals surface area contributed by atoms with Crippen molar-refractivity contribution in [2.45, 2.75) is 17.0 Å². The van der Waals surface area contributed by atoms with Crippen molar-refractivity contribution in [2.24, 2.45) is 0 Å². The first kappa shape index (κ1) is 10.2. The van der Waals surface area contributed by atoms with Crippen molar-refractivity contribution in [3.05, 3.63) is 48.2 Å². The lowest BCUT2D eigenvalue weighted by molar-refractivity contribution is -0.158. The van der Waals surface area contributed by atoms with Crippen LogP contribution in [0.25, 0.3) is 0 Å². The van der Waals surface area contributed by atoms with E-state index in [1.165, 1.54) is 5.57 Å². The lowest BCUT2D eigenvalue weighted by Gasteiger charge is -2.36. The Labute approximate surface area is 102 Å². The van der Waals surface area contributed by atoms with Gasteiger partial charge in [0.15, 0.2) is 0 Å². The maximum atomic E-state index is 5.86. The summed E-state index contributed by atoms with van der Waals surface area (Å²) in [6, 6.07) is 0. The van der Waals surface area contributed by atoms with Crippen LogP contribution in [-0.2, 0) is 14.2 Å². The molecule has 3 nitrogen and oxygen atoms in total. The Morgan fingerprint density at radius 3 is 2.94 bits per heavy atom. The first-order chi connectivity index (χ1) is 7.77. The van der Waals surface area contributed by atoms with Crippen molar-refractivity contribution in [3.8, 4) is 0 Å². The summed E-state index contributed by atoms with van der Waals surface area (Å²) in [5, 5.41) is 0. The standard InChI is InChI=1S/C12H11BrO3/c13-10-1-2-11-9(7-10)8-15-12(16-11)3-5-14-6-4-12/h1-6,10H,7-8H2. The second-order valence-corrected chi connectivity index (χ2v) is 5.08. The minimum Gasteiger partial charge on any atom is -0.473 e. The van der Waals surface area contributed by atoms with Crippen LogP contribution in [0.1, 0.15) is 6.42 Å². The van der Waals surface area contributed by atoms with Crippen LogP contribution in [0.2, 0.25) is 0 Å². The van der Waals surface area contributed by atoms with Gasteiger partial charge in [0, 0.05) is 17.0 Å². The summed E-state index contributed by atoms with van der Waals surface area (Å²) in [6.07, 6.45) is 11.7. The molecule has 3 aliphatic rings. The Bertz CT molecular complexity index is 408. The van der Waals surface area contributed by atoms with Gasteiger partial charge >= 0.3 is 0 Å². The molecule has 0 bridgehead atoms. The van der Waals surface area contributed by atoms with Crippen molar-refractivity contribution in [2.75, 3.05) is 6.61 Å². The van der Waals surface area contributed by atoms with Gasteiger partial charge in [-0.1, -0.05) is 22.0 Å². The molecule has 1 unspecified atom stereocenters. The number of ether oxygens (including phenoxy) is 3. The molecule has 0 aromatic rings. The quantitative estimate of drug-likeness (QED) is 0.640. The highest BCUT2D eigenvalue weighted by atomic mass is 79.9. The number of allylic oxidation sites excluding steroid dienone is 2. The number of rotatable bonds is 0. The van der Waals surface area contributed by atoms with E-state index in [4.69, 9.17) is 14.2 Å². The van der Waals surface area contributed by atoms with Gasteiger partial charge in [0.2, 0.25) is 0 Å². The molecule has 0 fully saturated rings. The van der Waals surface area contributed by atoms with E-state index in [1.807, 2.05) is 6.08 Å². The second-order valence-electron chi connectivity index (χ2n) is 3.90. The predicted octanol–water partition coefficient (Wildman–Crippen LogP) is 2.76. The molecule has 0 amide bonds. The van der Waals surface area contributed by atoms with Gasteiger partial charge in [-0.2, -0.15) is 0 Å². The predicted molar refractivity (Wildman–Crippen MR) is 62.6 cm³/mol. The molecule has 3 rings (SSSR count). The minimum absolute atomic E-state index is 0.383. The van der Waals surface area contributed by atoms with Gasteiger partial charge in [-0.05, 0) is 18.1 Å².